The highest BCUT2D eigenvalue weighted by atomic mass is 16.4. The van der Waals surface area contributed by atoms with Gasteiger partial charge in [0.1, 0.15) is 0 Å². The maximum atomic E-state index is 11.6. The molecule has 0 saturated heterocycles. The Bertz CT molecular complexity index is 471. The van der Waals surface area contributed by atoms with Crippen molar-refractivity contribution in [1.82, 2.24) is 20.8 Å². The summed E-state index contributed by atoms with van der Waals surface area (Å²) in [4.78, 5) is 22.8. The van der Waals surface area contributed by atoms with Gasteiger partial charge in [-0.25, -0.2) is 4.79 Å². The zero-order valence-corrected chi connectivity index (χ0v) is 12.6. The Morgan fingerprint density at radius 3 is 2.57 bits per heavy atom. The summed E-state index contributed by atoms with van der Waals surface area (Å²) < 4.78 is 0. The number of amides is 2. The lowest BCUT2D eigenvalue weighted by atomic mass is 9.84. The number of aliphatic carboxylic acids is 1. The van der Waals surface area contributed by atoms with Crippen molar-refractivity contribution in [2.24, 2.45) is 11.3 Å². The van der Waals surface area contributed by atoms with Crippen molar-refractivity contribution in [3.63, 3.8) is 0 Å². The summed E-state index contributed by atoms with van der Waals surface area (Å²) in [6.07, 6.45) is 2.04. The first-order valence-corrected chi connectivity index (χ1v) is 6.79. The van der Waals surface area contributed by atoms with Gasteiger partial charge in [-0.05, 0) is 24.0 Å². The fraction of sp³-hybridized carbons (Fsp3) is 0.571. The van der Waals surface area contributed by atoms with Gasteiger partial charge in [-0.2, -0.15) is 10.2 Å². The number of hydrogen-bond donors (Lipinski definition) is 3. The molecule has 116 valence electrons. The van der Waals surface area contributed by atoms with Gasteiger partial charge in [0.15, 0.2) is 0 Å². The van der Waals surface area contributed by atoms with Crippen LogP contribution in [0.3, 0.4) is 0 Å². The normalized spacial score (nSPS) is 12.5. The van der Waals surface area contributed by atoms with Crippen molar-refractivity contribution >= 4 is 12.0 Å². The van der Waals surface area contributed by atoms with Gasteiger partial charge in [0, 0.05) is 12.7 Å². The number of carboxylic acids is 1. The first-order chi connectivity index (χ1) is 9.78. The van der Waals surface area contributed by atoms with Crippen LogP contribution in [0, 0.1) is 11.3 Å². The largest absolute Gasteiger partial charge is 0.481 e. The Kier molecular flexibility index (Phi) is 6.08. The minimum absolute atomic E-state index is 0.0961. The van der Waals surface area contributed by atoms with Crippen LogP contribution >= 0.6 is 0 Å². The lowest BCUT2D eigenvalue weighted by molar-refractivity contribution is -0.142. The molecule has 0 saturated carbocycles. The number of carboxylic acid groups (broad SMARTS) is 1. The van der Waals surface area contributed by atoms with E-state index in [0.717, 1.165) is 0 Å². The molecule has 1 atom stereocenters. The fourth-order valence-electron chi connectivity index (χ4n) is 1.86. The summed E-state index contributed by atoms with van der Waals surface area (Å²) in [7, 11) is 0. The van der Waals surface area contributed by atoms with Crippen LogP contribution in [0.4, 0.5) is 4.79 Å². The number of aromatic nitrogens is 2. The van der Waals surface area contributed by atoms with E-state index < -0.39 is 17.9 Å². The predicted molar refractivity (Wildman–Crippen MR) is 77.5 cm³/mol. The van der Waals surface area contributed by atoms with Crippen molar-refractivity contribution in [3.8, 4) is 0 Å². The third kappa shape index (κ3) is 7.24. The highest BCUT2D eigenvalue weighted by Gasteiger charge is 2.24. The van der Waals surface area contributed by atoms with Crippen LogP contribution in [0.25, 0.3) is 0 Å². The fourth-order valence-corrected chi connectivity index (χ4v) is 1.86. The quantitative estimate of drug-likeness (QED) is 0.736. The van der Waals surface area contributed by atoms with Crippen LogP contribution in [-0.4, -0.2) is 33.8 Å². The Labute approximate surface area is 124 Å². The summed E-state index contributed by atoms with van der Waals surface area (Å²) in [6, 6.07) is 3.05. The molecule has 0 radical (unpaired) electrons. The van der Waals surface area contributed by atoms with Gasteiger partial charge in [0.05, 0.1) is 18.2 Å². The minimum Gasteiger partial charge on any atom is -0.481 e. The van der Waals surface area contributed by atoms with Gasteiger partial charge >= 0.3 is 12.0 Å². The molecule has 0 spiro atoms. The van der Waals surface area contributed by atoms with Gasteiger partial charge in [0.2, 0.25) is 0 Å². The lowest BCUT2D eigenvalue weighted by Gasteiger charge is -2.23. The van der Waals surface area contributed by atoms with Gasteiger partial charge < -0.3 is 15.7 Å². The van der Waals surface area contributed by atoms with Crippen molar-refractivity contribution in [1.29, 1.82) is 0 Å². The number of carbonyl (C=O) groups is 2. The molecule has 0 aliphatic rings. The Hall–Kier alpha value is -2.18. The van der Waals surface area contributed by atoms with E-state index >= 15 is 0 Å². The lowest BCUT2D eigenvalue weighted by Crippen LogP contribution is -2.40. The molecule has 7 heteroatoms. The smallest absolute Gasteiger partial charge is 0.315 e. The molecule has 1 unspecified atom stereocenters. The Balaban J connectivity index is 2.38. The first-order valence-electron chi connectivity index (χ1n) is 6.79. The van der Waals surface area contributed by atoms with E-state index in [1.165, 1.54) is 0 Å². The number of carbonyl (C=O) groups excluding carboxylic acids is 1. The zero-order chi connectivity index (χ0) is 15.9. The molecular weight excluding hydrogens is 272 g/mol. The number of urea groups is 1. The number of rotatable bonds is 6. The van der Waals surface area contributed by atoms with Crippen molar-refractivity contribution in [3.05, 3.63) is 24.0 Å². The molecule has 21 heavy (non-hydrogen) atoms. The molecule has 1 aromatic rings. The predicted octanol–water partition coefficient (Wildman–Crippen LogP) is 1.41. The van der Waals surface area contributed by atoms with Crippen LogP contribution in [0.2, 0.25) is 0 Å². The molecule has 1 aromatic heterocycles. The first kappa shape index (κ1) is 16.9. The number of hydrogen-bond acceptors (Lipinski definition) is 4. The van der Waals surface area contributed by atoms with Gasteiger partial charge in [-0.1, -0.05) is 20.8 Å². The molecule has 0 bridgehead atoms. The maximum absolute atomic E-state index is 11.6. The molecule has 2 amide bonds. The third-order valence-corrected chi connectivity index (χ3v) is 2.77. The summed E-state index contributed by atoms with van der Waals surface area (Å²) in [5.74, 6) is -1.51. The molecule has 0 aromatic carbocycles. The Morgan fingerprint density at radius 2 is 2.05 bits per heavy atom. The van der Waals surface area contributed by atoms with Crippen LogP contribution in [-0.2, 0) is 11.3 Å². The molecule has 7 nitrogen and oxygen atoms in total. The van der Waals surface area contributed by atoms with Crippen LogP contribution in [0.5, 0.6) is 0 Å². The SMILES string of the molecule is CC(C)(C)CC(CNC(=O)NCc1cccnn1)C(=O)O. The summed E-state index contributed by atoms with van der Waals surface area (Å²) in [5.41, 5.74) is 0.526. The molecule has 1 heterocycles. The highest BCUT2D eigenvalue weighted by molar-refractivity contribution is 5.75. The number of nitrogens with one attached hydrogen (secondary N) is 2. The molecule has 3 N–H and O–H groups in total. The number of nitrogens with zero attached hydrogens (tertiary/aromatic N) is 2. The van der Waals surface area contributed by atoms with E-state index in [-0.39, 0.29) is 18.5 Å². The highest BCUT2D eigenvalue weighted by Crippen LogP contribution is 2.24. The van der Waals surface area contributed by atoms with Crippen molar-refractivity contribution in [2.45, 2.75) is 33.7 Å². The van der Waals surface area contributed by atoms with E-state index in [9.17, 15) is 9.59 Å². The third-order valence-electron chi connectivity index (χ3n) is 2.77. The van der Waals surface area contributed by atoms with Gasteiger partial charge in [0.25, 0.3) is 0 Å². The molecule has 0 aliphatic heterocycles. The average Bonchev–Trinajstić information content (AvgIpc) is 2.41. The summed E-state index contributed by atoms with van der Waals surface area (Å²) >= 11 is 0. The monoisotopic (exact) mass is 294 g/mol. The van der Waals surface area contributed by atoms with E-state index in [1.807, 2.05) is 20.8 Å². The van der Waals surface area contributed by atoms with Crippen LogP contribution in [0.1, 0.15) is 32.9 Å². The maximum Gasteiger partial charge on any atom is 0.315 e. The second-order valence-corrected chi connectivity index (χ2v) is 6.08. The van der Waals surface area contributed by atoms with Crippen molar-refractivity contribution < 1.29 is 14.7 Å². The molecule has 0 aliphatic carbocycles. The van der Waals surface area contributed by atoms with Gasteiger partial charge in [-0.3, -0.25) is 4.79 Å². The summed E-state index contributed by atoms with van der Waals surface area (Å²) in [6.45, 7) is 6.25. The second kappa shape index (κ2) is 7.56. The zero-order valence-electron chi connectivity index (χ0n) is 12.6. The molecular formula is C14H22N4O3. The van der Waals surface area contributed by atoms with E-state index in [4.69, 9.17) is 5.11 Å². The molecule has 1 rings (SSSR count). The standard InChI is InChI=1S/C14H22N4O3/c1-14(2,3)7-10(12(19)20)8-15-13(21)16-9-11-5-4-6-17-18-11/h4-6,10H,7-9H2,1-3H3,(H,19,20)(H2,15,16,21). The topological polar surface area (TPSA) is 104 Å². The second-order valence-electron chi connectivity index (χ2n) is 6.08. The van der Waals surface area contributed by atoms with Gasteiger partial charge in [-0.15, -0.1) is 0 Å². The van der Waals surface area contributed by atoms with Crippen LogP contribution < -0.4 is 10.6 Å². The van der Waals surface area contributed by atoms with E-state index in [2.05, 4.69) is 20.8 Å². The van der Waals surface area contributed by atoms with E-state index in [1.54, 1.807) is 18.3 Å². The average molecular weight is 294 g/mol. The van der Waals surface area contributed by atoms with Crippen molar-refractivity contribution in [2.75, 3.05) is 6.54 Å². The molecule has 0 fully saturated rings. The summed E-state index contributed by atoms with van der Waals surface area (Å²) in [5, 5.41) is 21.9. The van der Waals surface area contributed by atoms with Crippen LogP contribution in [0.15, 0.2) is 18.3 Å². The Morgan fingerprint density at radius 1 is 1.33 bits per heavy atom. The minimum atomic E-state index is -0.904. The van der Waals surface area contributed by atoms with E-state index in [0.29, 0.717) is 12.1 Å².